The quantitative estimate of drug-likeness (QED) is 0.593. The Morgan fingerprint density at radius 1 is 0.958 bits per heavy atom. The molecule has 0 unspecified atom stereocenters. The summed E-state index contributed by atoms with van der Waals surface area (Å²) in [7, 11) is 0. The number of aryl methyl sites for hydroxylation is 1. The molecular weight excluding hydrogens is 302 g/mol. The molecule has 0 amide bonds. The molecule has 5 nitrogen and oxygen atoms in total. The van der Waals surface area contributed by atoms with Crippen molar-refractivity contribution in [2.24, 2.45) is 0 Å². The third-order valence-electron chi connectivity index (χ3n) is 4.39. The number of hydrogen-bond donors (Lipinski definition) is 2. The molecule has 2 N–H and O–H groups in total. The molecule has 2 aromatic carbocycles. The molecule has 24 heavy (non-hydrogen) atoms. The first-order valence-corrected chi connectivity index (χ1v) is 8.20. The Balaban J connectivity index is 1.87. The Morgan fingerprint density at radius 3 is 2.46 bits per heavy atom. The molecular formula is C19H19N3O2. The van der Waals surface area contributed by atoms with E-state index in [9.17, 15) is 5.11 Å². The van der Waals surface area contributed by atoms with E-state index in [1.165, 1.54) is 0 Å². The van der Waals surface area contributed by atoms with Gasteiger partial charge in [0.25, 0.3) is 0 Å². The lowest BCUT2D eigenvalue weighted by Gasteiger charge is -2.09. The summed E-state index contributed by atoms with van der Waals surface area (Å²) in [5, 5.41) is 19.6. The van der Waals surface area contributed by atoms with Crippen LogP contribution in [0.2, 0.25) is 0 Å². The highest BCUT2D eigenvalue weighted by Crippen LogP contribution is 2.28. The molecule has 5 heteroatoms. The first kappa shape index (κ1) is 15.1. The number of nitrogens with zero attached hydrogens (tertiary/aromatic N) is 3. The Bertz CT molecular complexity index is 1010. The van der Waals surface area contributed by atoms with Gasteiger partial charge in [-0.2, -0.15) is 0 Å². The van der Waals surface area contributed by atoms with E-state index in [-0.39, 0.29) is 6.61 Å². The number of para-hydroxylation sites is 3. The van der Waals surface area contributed by atoms with Crippen molar-refractivity contribution in [2.75, 3.05) is 6.61 Å². The molecule has 0 spiro atoms. The van der Waals surface area contributed by atoms with Crippen LogP contribution in [0, 0.1) is 0 Å². The Kier molecular flexibility index (Phi) is 3.88. The van der Waals surface area contributed by atoms with Crippen molar-refractivity contribution in [3.05, 3.63) is 48.5 Å². The lowest BCUT2D eigenvalue weighted by Crippen LogP contribution is -2.12. The highest BCUT2D eigenvalue weighted by atomic mass is 16.3. The van der Waals surface area contributed by atoms with Crippen LogP contribution in [-0.2, 0) is 6.54 Å². The van der Waals surface area contributed by atoms with Gasteiger partial charge in [-0.05, 0) is 31.0 Å². The first-order valence-electron chi connectivity index (χ1n) is 8.20. The van der Waals surface area contributed by atoms with Gasteiger partial charge >= 0.3 is 0 Å². The minimum atomic E-state index is -0.662. The van der Waals surface area contributed by atoms with Gasteiger partial charge in [0.2, 0.25) is 0 Å². The van der Waals surface area contributed by atoms with Crippen LogP contribution >= 0.6 is 0 Å². The molecule has 4 rings (SSSR count). The molecule has 1 atom stereocenters. The van der Waals surface area contributed by atoms with Crippen molar-refractivity contribution in [1.82, 2.24) is 14.5 Å². The topological polar surface area (TPSA) is 71.2 Å². The van der Waals surface area contributed by atoms with Crippen LogP contribution < -0.4 is 0 Å². The lowest BCUT2D eigenvalue weighted by molar-refractivity contribution is 0.0857. The SMILES string of the molecule is OC[C@@H](O)CCCn1c2ccccc2c2nc3ccccc3nc21. The molecule has 2 heterocycles. The van der Waals surface area contributed by atoms with Crippen molar-refractivity contribution in [1.29, 1.82) is 0 Å². The second-order valence-electron chi connectivity index (χ2n) is 6.03. The molecule has 0 saturated carbocycles. The van der Waals surface area contributed by atoms with E-state index >= 15 is 0 Å². The maximum Gasteiger partial charge on any atom is 0.160 e. The Hall–Kier alpha value is -2.50. The third-order valence-corrected chi connectivity index (χ3v) is 4.39. The van der Waals surface area contributed by atoms with Crippen molar-refractivity contribution in [3.63, 3.8) is 0 Å². The van der Waals surface area contributed by atoms with Crippen LogP contribution in [0.3, 0.4) is 0 Å². The molecule has 0 bridgehead atoms. The predicted molar refractivity (Wildman–Crippen MR) is 94.9 cm³/mol. The molecule has 0 fully saturated rings. The summed E-state index contributed by atoms with van der Waals surface area (Å²) in [5.74, 6) is 0. The summed E-state index contributed by atoms with van der Waals surface area (Å²) in [6, 6.07) is 16.1. The number of aliphatic hydroxyl groups is 2. The van der Waals surface area contributed by atoms with Crippen molar-refractivity contribution in [2.45, 2.75) is 25.5 Å². The zero-order valence-corrected chi connectivity index (χ0v) is 13.3. The van der Waals surface area contributed by atoms with Gasteiger partial charge in [0.1, 0.15) is 5.52 Å². The molecule has 122 valence electrons. The van der Waals surface area contributed by atoms with Gasteiger partial charge < -0.3 is 14.8 Å². The van der Waals surface area contributed by atoms with E-state index in [1.807, 2.05) is 36.4 Å². The van der Waals surface area contributed by atoms with Gasteiger partial charge in [-0.25, -0.2) is 9.97 Å². The van der Waals surface area contributed by atoms with Crippen LogP contribution in [0.1, 0.15) is 12.8 Å². The van der Waals surface area contributed by atoms with E-state index in [2.05, 4.69) is 16.7 Å². The fraction of sp³-hybridized carbons (Fsp3) is 0.263. The van der Waals surface area contributed by atoms with Gasteiger partial charge in [-0.15, -0.1) is 0 Å². The Labute approximate surface area is 139 Å². The van der Waals surface area contributed by atoms with Gasteiger partial charge in [0.05, 0.1) is 29.3 Å². The van der Waals surface area contributed by atoms with Crippen LogP contribution in [0.5, 0.6) is 0 Å². The number of aromatic nitrogens is 3. The van der Waals surface area contributed by atoms with E-state index in [0.717, 1.165) is 46.1 Å². The van der Waals surface area contributed by atoms with Crippen molar-refractivity contribution >= 4 is 33.1 Å². The summed E-state index contributed by atoms with van der Waals surface area (Å²) < 4.78 is 2.16. The Morgan fingerprint density at radius 2 is 1.67 bits per heavy atom. The standard InChI is InChI=1S/C19H19N3O2/c23-12-13(24)6-5-11-22-17-10-4-1-7-14(17)18-19(22)21-16-9-3-2-8-15(16)20-18/h1-4,7-10,13,23-24H,5-6,11-12H2/t13-/m0/s1. The highest BCUT2D eigenvalue weighted by molar-refractivity contribution is 6.06. The fourth-order valence-corrected chi connectivity index (χ4v) is 3.19. The average Bonchev–Trinajstić information content (AvgIpc) is 2.93. The van der Waals surface area contributed by atoms with Gasteiger partial charge in [0, 0.05) is 11.9 Å². The van der Waals surface area contributed by atoms with E-state index in [4.69, 9.17) is 15.1 Å². The summed E-state index contributed by atoms with van der Waals surface area (Å²) in [4.78, 5) is 9.63. The summed E-state index contributed by atoms with van der Waals surface area (Å²) in [6.07, 6.45) is 0.667. The second kappa shape index (κ2) is 6.19. The molecule has 0 saturated heterocycles. The normalized spacial score (nSPS) is 13.1. The first-order chi connectivity index (χ1) is 11.8. The maximum absolute atomic E-state index is 9.57. The smallest absolute Gasteiger partial charge is 0.160 e. The molecule has 0 aliphatic carbocycles. The van der Waals surface area contributed by atoms with E-state index < -0.39 is 6.10 Å². The van der Waals surface area contributed by atoms with E-state index in [1.54, 1.807) is 0 Å². The summed E-state index contributed by atoms with van der Waals surface area (Å²) in [6.45, 7) is 0.533. The van der Waals surface area contributed by atoms with Crippen LogP contribution in [0.25, 0.3) is 33.1 Å². The van der Waals surface area contributed by atoms with Gasteiger partial charge in [0.15, 0.2) is 5.65 Å². The lowest BCUT2D eigenvalue weighted by atomic mass is 10.2. The van der Waals surface area contributed by atoms with Crippen molar-refractivity contribution in [3.8, 4) is 0 Å². The van der Waals surface area contributed by atoms with Crippen LogP contribution in [-0.4, -0.2) is 37.5 Å². The monoisotopic (exact) mass is 321 g/mol. The molecule has 0 aliphatic rings. The zero-order valence-electron chi connectivity index (χ0n) is 13.3. The largest absolute Gasteiger partial charge is 0.394 e. The minimum Gasteiger partial charge on any atom is -0.394 e. The number of fused-ring (bicyclic) bond motifs is 4. The molecule has 2 aromatic heterocycles. The summed E-state index contributed by atoms with van der Waals surface area (Å²) in [5.41, 5.74) is 4.65. The molecule has 0 radical (unpaired) electrons. The third kappa shape index (κ3) is 2.52. The average molecular weight is 321 g/mol. The van der Waals surface area contributed by atoms with E-state index in [0.29, 0.717) is 6.42 Å². The number of rotatable bonds is 5. The van der Waals surface area contributed by atoms with Crippen LogP contribution in [0.4, 0.5) is 0 Å². The predicted octanol–water partition coefficient (Wildman–Crippen LogP) is 2.87. The fourth-order valence-electron chi connectivity index (χ4n) is 3.19. The minimum absolute atomic E-state index is 0.197. The molecule has 4 aromatic rings. The maximum atomic E-state index is 9.57. The van der Waals surface area contributed by atoms with Gasteiger partial charge in [-0.1, -0.05) is 30.3 Å². The highest BCUT2D eigenvalue weighted by Gasteiger charge is 2.14. The second-order valence-corrected chi connectivity index (χ2v) is 6.03. The summed E-state index contributed by atoms with van der Waals surface area (Å²) >= 11 is 0. The number of hydrogen-bond acceptors (Lipinski definition) is 4. The zero-order chi connectivity index (χ0) is 16.5. The van der Waals surface area contributed by atoms with Gasteiger partial charge in [-0.3, -0.25) is 0 Å². The van der Waals surface area contributed by atoms with Crippen molar-refractivity contribution < 1.29 is 10.2 Å². The van der Waals surface area contributed by atoms with Crippen LogP contribution in [0.15, 0.2) is 48.5 Å². The number of aliphatic hydroxyl groups excluding tert-OH is 2. The number of benzene rings is 2. The molecule has 0 aliphatic heterocycles.